The Labute approximate surface area is 180 Å². The number of hydrogen-bond donors (Lipinski definition) is 2. The van der Waals surface area contributed by atoms with Gasteiger partial charge in [-0.2, -0.15) is 0 Å². The second-order valence-electron chi connectivity index (χ2n) is 8.84. The molecule has 1 aliphatic carbocycles. The fraction of sp³-hybridized carbons (Fsp3) is 0.292. The lowest BCUT2D eigenvalue weighted by molar-refractivity contribution is 0.0947. The molecule has 1 saturated carbocycles. The fourth-order valence-corrected chi connectivity index (χ4v) is 4.67. The molecule has 2 aromatic heterocycles. The number of hydrogen-bond acceptors (Lipinski definition) is 1. The molecule has 1 aliphatic rings. The molecule has 0 bridgehead atoms. The van der Waals surface area contributed by atoms with Crippen molar-refractivity contribution in [1.29, 1.82) is 0 Å². The Hall–Kier alpha value is -2.23. The molecule has 5 heteroatoms. The van der Waals surface area contributed by atoms with Gasteiger partial charge in [0.25, 0.3) is 0 Å². The summed E-state index contributed by atoms with van der Waals surface area (Å²) in [5, 5.41) is 3.62. The molecule has 1 fully saturated rings. The Morgan fingerprint density at radius 2 is 1.48 bits per heavy atom. The molecule has 3 nitrogen and oxygen atoms in total. The highest BCUT2D eigenvalue weighted by atomic mass is 35.5. The second-order valence-corrected chi connectivity index (χ2v) is 9.72. The monoisotopic (exact) mass is 426 g/mol. The van der Waals surface area contributed by atoms with Crippen LogP contribution in [0, 0.1) is 16.7 Å². The number of halogens is 2. The Kier molecular flexibility index (Phi) is 4.79. The van der Waals surface area contributed by atoms with Crippen LogP contribution in [0.5, 0.6) is 0 Å². The first kappa shape index (κ1) is 20.1. The third-order valence-corrected chi connectivity index (χ3v) is 7.18. The Bertz CT molecular complexity index is 1200. The first-order valence-electron chi connectivity index (χ1n) is 9.66. The van der Waals surface area contributed by atoms with Gasteiger partial charge < -0.3 is 9.97 Å². The van der Waals surface area contributed by atoms with Gasteiger partial charge in [-0.25, -0.2) is 0 Å². The summed E-state index contributed by atoms with van der Waals surface area (Å²) < 4.78 is 0. The van der Waals surface area contributed by atoms with E-state index in [1.165, 1.54) is 5.39 Å². The molecule has 0 spiro atoms. The van der Waals surface area contributed by atoms with Gasteiger partial charge >= 0.3 is 0 Å². The van der Waals surface area contributed by atoms with Crippen LogP contribution in [-0.2, 0) is 0 Å². The third-order valence-electron chi connectivity index (χ3n) is 6.71. The summed E-state index contributed by atoms with van der Waals surface area (Å²) >= 11 is 11.7. The van der Waals surface area contributed by atoms with Crippen LogP contribution < -0.4 is 0 Å². The van der Waals surface area contributed by atoms with E-state index in [0.717, 1.165) is 27.0 Å². The van der Waals surface area contributed by atoms with Gasteiger partial charge in [0.15, 0.2) is 5.78 Å². The minimum Gasteiger partial charge on any atom is -0.361 e. The molecule has 0 aliphatic heterocycles. The number of rotatable bonds is 2. The quantitative estimate of drug-likeness (QED) is 0.320. The predicted molar refractivity (Wildman–Crippen MR) is 122 cm³/mol. The van der Waals surface area contributed by atoms with E-state index in [2.05, 4.69) is 37.7 Å². The van der Waals surface area contributed by atoms with Crippen molar-refractivity contribution in [3.05, 3.63) is 70.5 Å². The molecular weight excluding hydrogens is 403 g/mol. The van der Waals surface area contributed by atoms with Crippen molar-refractivity contribution in [2.45, 2.75) is 27.7 Å². The predicted octanol–water partition coefficient (Wildman–Crippen LogP) is 7.51. The maximum absolute atomic E-state index is 12.7. The van der Waals surface area contributed by atoms with Gasteiger partial charge in [0.2, 0.25) is 0 Å². The molecule has 2 N–H and O–H groups in total. The van der Waals surface area contributed by atoms with E-state index in [9.17, 15) is 4.79 Å². The van der Waals surface area contributed by atoms with E-state index in [0.29, 0.717) is 5.02 Å². The van der Waals surface area contributed by atoms with Crippen molar-refractivity contribution in [2.75, 3.05) is 0 Å². The van der Waals surface area contributed by atoms with Crippen molar-refractivity contribution in [3.8, 4) is 0 Å². The minimum atomic E-state index is 0.0695. The highest BCUT2D eigenvalue weighted by molar-refractivity contribution is 6.31. The number of aromatic amines is 2. The summed E-state index contributed by atoms with van der Waals surface area (Å²) in [5.41, 5.74) is 2.94. The smallest absolute Gasteiger partial charge is 0.169 e. The summed E-state index contributed by atoms with van der Waals surface area (Å²) in [7, 11) is 0. The lowest BCUT2D eigenvalue weighted by Crippen LogP contribution is -2.06. The first-order chi connectivity index (χ1) is 13.6. The number of aromatic nitrogens is 2. The van der Waals surface area contributed by atoms with E-state index >= 15 is 0 Å². The van der Waals surface area contributed by atoms with Gasteiger partial charge in [-0.1, -0.05) is 63.0 Å². The van der Waals surface area contributed by atoms with Crippen LogP contribution >= 0.6 is 23.2 Å². The van der Waals surface area contributed by atoms with Crippen molar-refractivity contribution >= 4 is 50.8 Å². The molecule has 5 rings (SSSR count). The van der Waals surface area contributed by atoms with E-state index < -0.39 is 0 Å². The van der Waals surface area contributed by atoms with Crippen LogP contribution in [0.2, 0.25) is 10.0 Å². The fourth-order valence-electron chi connectivity index (χ4n) is 4.33. The zero-order valence-electron chi connectivity index (χ0n) is 16.9. The summed E-state index contributed by atoms with van der Waals surface area (Å²) in [5.74, 6) is 0.332. The Morgan fingerprint density at radius 3 is 2.14 bits per heavy atom. The van der Waals surface area contributed by atoms with Crippen LogP contribution in [0.25, 0.3) is 21.8 Å². The zero-order chi connectivity index (χ0) is 21.0. The van der Waals surface area contributed by atoms with Crippen molar-refractivity contribution < 1.29 is 4.79 Å². The van der Waals surface area contributed by atoms with E-state index in [1.807, 2.05) is 54.9 Å². The summed E-state index contributed by atoms with van der Waals surface area (Å²) in [6, 6.07) is 13.4. The molecule has 0 saturated heterocycles. The average molecular weight is 427 g/mol. The molecular formula is C24H24Cl2N2O. The van der Waals surface area contributed by atoms with E-state index in [4.69, 9.17) is 23.2 Å². The molecule has 0 amide bonds. The maximum atomic E-state index is 12.7. The Balaban J connectivity index is 0.000000171. The standard InChI is InChI=1S/C16H18ClNO.C8H6ClN/c1-15(2)14(16(15,3)4)13(19)11-8-18-12-7-9(17)5-6-10(11)12;9-7-2-1-6-3-4-10-8(6)5-7/h5-8,14,18H,1-4H3;1-5,10H. The molecule has 150 valence electrons. The van der Waals surface area contributed by atoms with Crippen LogP contribution in [-0.4, -0.2) is 15.8 Å². The van der Waals surface area contributed by atoms with E-state index in [-0.39, 0.29) is 22.5 Å². The van der Waals surface area contributed by atoms with Gasteiger partial charge in [-0.3, -0.25) is 4.79 Å². The molecule has 4 aromatic rings. The Morgan fingerprint density at radius 1 is 0.862 bits per heavy atom. The largest absolute Gasteiger partial charge is 0.361 e. The SMILES string of the molecule is CC1(C)C(C(=O)c2c[nH]c3cc(Cl)ccc23)C1(C)C.Clc1ccc2cc[nH]c2c1. The third kappa shape index (κ3) is 3.37. The van der Waals surface area contributed by atoms with Gasteiger partial charge in [-0.05, 0) is 46.5 Å². The highest BCUT2D eigenvalue weighted by Gasteiger charge is 2.68. The van der Waals surface area contributed by atoms with Crippen molar-refractivity contribution in [2.24, 2.45) is 16.7 Å². The summed E-state index contributed by atoms with van der Waals surface area (Å²) in [4.78, 5) is 19.0. The normalized spacial score (nSPS) is 17.2. The molecule has 2 aromatic carbocycles. The number of Topliss-reactive ketones (excluding diaryl/α,β-unsaturated/α-hetero) is 1. The summed E-state index contributed by atoms with van der Waals surface area (Å²) in [6.07, 6.45) is 3.72. The number of H-pyrrole nitrogens is 2. The number of ketones is 1. The number of carbonyl (C=O) groups is 1. The number of nitrogens with one attached hydrogen (secondary N) is 2. The number of carbonyl (C=O) groups excluding carboxylic acids is 1. The van der Waals surface area contributed by atoms with E-state index in [1.54, 1.807) is 0 Å². The lowest BCUT2D eigenvalue weighted by Gasteiger charge is -2.03. The first-order valence-corrected chi connectivity index (χ1v) is 10.4. The van der Waals surface area contributed by atoms with Crippen molar-refractivity contribution in [1.82, 2.24) is 9.97 Å². The zero-order valence-corrected chi connectivity index (χ0v) is 18.4. The highest BCUT2D eigenvalue weighted by Crippen LogP contribution is 2.69. The maximum Gasteiger partial charge on any atom is 0.169 e. The second kappa shape index (κ2) is 6.93. The van der Waals surface area contributed by atoms with Crippen LogP contribution in [0.15, 0.2) is 54.9 Å². The van der Waals surface area contributed by atoms with Gasteiger partial charge in [0.05, 0.1) is 0 Å². The van der Waals surface area contributed by atoms with Crippen LogP contribution in [0.1, 0.15) is 38.1 Å². The topological polar surface area (TPSA) is 48.6 Å². The van der Waals surface area contributed by atoms with Gasteiger partial charge in [0.1, 0.15) is 0 Å². The van der Waals surface area contributed by atoms with Gasteiger partial charge in [-0.15, -0.1) is 0 Å². The average Bonchev–Trinajstić information content (AvgIpc) is 3.09. The number of benzene rings is 2. The molecule has 0 unspecified atom stereocenters. The van der Waals surface area contributed by atoms with Gasteiger partial charge in [0, 0.05) is 50.3 Å². The van der Waals surface area contributed by atoms with Crippen LogP contribution in [0.3, 0.4) is 0 Å². The number of fused-ring (bicyclic) bond motifs is 2. The lowest BCUT2D eigenvalue weighted by atomic mass is 10.0. The summed E-state index contributed by atoms with van der Waals surface area (Å²) in [6.45, 7) is 8.67. The minimum absolute atomic E-state index is 0.0695. The molecule has 2 heterocycles. The molecule has 0 radical (unpaired) electrons. The molecule has 0 atom stereocenters. The van der Waals surface area contributed by atoms with Crippen LogP contribution in [0.4, 0.5) is 0 Å². The molecule has 29 heavy (non-hydrogen) atoms. The van der Waals surface area contributed by atoms with Crippen molar-refractivity contribution in [3.63, 3.8) is 0 Å².